The fourth-order valence-corrected chi connectivity index (χ4v) is 3.15. The first-order valence-corrected chi connectivity index (χ1v) is 9.96. The number of anilines is 1. The van der Waals surface area contributed by atoms with E-state index in [0.717, 1.165) is 25.1 Å². The predicted molar refractivity (Wildman–Crippen MR) is 109 cm³/mol. The lowest BCUT2D eigenvalue weighted by atomic mass is 9.97. The fraction of sp³-hybridized carbons (Fsp3) is 0.636. The van der Waals surface area contributed by atoms with Crippen LogP contribution in [0.2, 0.25) is 0 Å². The van der Waals surface area contributed by atoms with E-state index in [9.17, 15) is 9.59 Å². The summed E-state index contributed by atoms with van der Waals surface area (Å²) in [6, 6.07) is 7.60. The standard InChI is InChI=1S/C22H33NO5/c1-7-26-19(24)16-10-9-13-23(15-16)17-11-8-12-18(14-17)27-22(5,6)20(25)28-21(2,3)4/h8,11-12,14,16H,7,9-10,13,15H2,1-6H3/t16-/m1/s1. The molecule has 1 saturated heterocycles. The lowest BCUT2D eigenvalue weighted by Gasteiger charge is -2.34. The highest BCUT2D eigenvalue weighted by Gasteiger charge is 2.35. The van der Waals surface area contributed by atoms with E-state index in [1.54, 1.807) is 13.8 Å². The molecular formula is C22H33NO5. The monoisotopic (exact) mass is 391 g/mol. The summed E-state index contributed by atoms with van der Waals surface area (Å²) in [5, 5.41) is 0. The molecule has 2 rings (SSSR count). The van der Waals surface area contributed by atoms with E-state index < -0.39 is 17.2 Å². The van der Waals surface area contributed by atoms with Gasteiger partial charge in [0.2, 0.25) is 0 Å². The smallest absolute Gasteiger partial charge is 0.350 e. The van der Waals surface area contributed by atoms with Gasteiger partial charge in [-0.05, 0) is 66.5 Å². The van der Waals surface area contributed by atoms with Crippen molar-refractivity contribution in [3.05, 3.63) is 24.3 Å². The van der Waals surface area contributed by atoms with Crippen molar-refractivity contribution in [1.82, 2.24) is 0 Å². The Morgan fingerprint density at radius 3 is 2.54 bits per heavy atom. The summed E-state index contributed by atoms with van der Waals surface area (Å²) in [4.78, 5) is 26.7. The topological polar surface area (TPSA) is 65.1 Å². The van der Waals surface area contributed by atoms with Gasteiger partial charge in [0, 0.05) is 24.8 Å². The largest absolute Gasteiger partial charge is 0.476 e. The van der Waals surface area contributed by atoms with Crippen molar-refractivity contribution >= 4 is 17.6 Å². The highest BCUT2D eigenvalue weighted by molar-refractivity contribution is 5.79. The Bertz CT molecular complexity index is 692. The summed E-state index contributed by atoms with van der Waals surface area (Å²) in [5.74, 6) is -0.0699. The second-order valence-corrected chi connectivity index (χ2v) is 8.65. The van der Waals surface area contributed by atoms with Gasteiger partial charge in [0.05, 0.1) is 12.5 Å². The van der Waals surface area contributed by atoms with Crippen molar-refractivity contribution < 1.29 is 23.8 Å². The zero-order valence-electron chi connectivity index (χ0n) is 17.9. The number of nitrogens with zero attached hydrogens (tertiary/aromatic N) is 1. The summed E-state index contributed by atoms with van der Waals surface area (Å²) in [5.41, 5.74) is -0.719. The third-order valence-electron chi connectivity index (χ3n) is 4.49. The lowest BCUT2D eigenvalue weighted by Crippen LogP contribution is -2.43. The molecule has 0 bridgehead atoms. The van der Waals surface area contributed by atoms with Crippen LogP contribution in [0.4, 0.5) is 5.69 Å². The number of carbonyl (C=O) groups excluding carboxylic acids is 2. The molecule has 1 aliphatic heterocycles. The van der Waals surface area contributed by atoms with Crippen molar-refractivity contribution in [2.24, 2.45) is 5.92 Å². The van der Waals surface area contributed by atoms with Crippen LogP contribution in [-0.4, -0.2) is 42.8 Å². The Morgan fingerprint density at radius 2 is 1.89 bits per heavy atom. The average Bonchev–Trinajstić information content (AvgIpc) is 2.60. The number of hydrogen-bond donors (Lipinski definition) is 0. The molecule has 0 saturated carbocycles. The maximum atomic E-state index is 12.4. The van der Waals surface area contributed by atoms with Crippen molar-refractivity contribution in [3.8, 4) is 5.75 Å². The van der Waals surface area contributed by atoms with Crippen molar-refractivity contribution in [3.63, 3.8) is 0 Å². The molecular weight excluding hydrogens is 358 g/mol. The van der Waals surface area contributed by atoms with Crippen molar-refractivity contribution in [2.45, 2.75) is 65.6 Å². The summed E-state index contributed by atoms with van der Waals surface area (Å²) in [6.07, 6.45) is 1.77. The highest BCUT2D eigenvalue weighted by Crippen LogP contribution is 2.29. The molecule has 1 aliphatic rings. The molecule has 0 radical (unpaired) electrons. The molecule has 6 heteroatoms. The van der Waals surface area contributed by atoms with Crippen LogP contribution < -0.4 is 9.64 Å². The lowest BCUT2D eigenvalue weighted by molar-refractivity contribution is -0.171. The quantitative estimate of drug-likeness (QED) is 0.684. The van der Waals surface area contributed by atoms with E-state index in [0.29, 0.717) is 18.9 Å². The van der Waals surface area contributed by atoms with Gasteiger partial charge in [-0.3, -0.25) is 4.79 Å². The molecule has 1 fully saturated rings. The van der Waals surface area contributed by atoms with Crippen molar-refractivity contribution in [2.75, 3.05) is 24.6 Å². The molecule has 156 valence electrons. The zero-order valence-corrected chi connectivity index (χ0v) is 17.9. The second kappa shape index (κ2) is 8.84. The first-order chi connectivity index (χ1) is 13.0. The summed E-state index contributed by atoms with van der Waals surface area (Å²) in [7, 11) is 0. The van der Waals surface area contributed by atoms with E-state index in [1.165, 1.54) is 0 Å². The van der Waals surface area contributed by atoms with Crippen LogP contribution in [0, 0.1) is 5.92 Å². The van der Waals surface area contributed by atoms with Crippen LogP contribution in [0.3, 0.4) is 0 Å². The summed E-state index contributed by atoms with van der Waals surface area (Å²) < 4.78 is 16.6. The normalized spacial score (nSPS) is 17.8. The molecule has 6 nitrogen and oxygen atoms in total. The molecule has 1 atom stereocenters. The van der Waals surface area contributed by atoms with Gasteiger partial charge >= 0.3 is 11.9 Å². The SMILES string of the molecule is CCOC(=O)[C@@H]1CCCN(c2cccc(OC(C)(C)C(=O)OC(C)(C)C)c2)C1. The molecule has 1 heterocycles. The van der Waals surface area contributed by atoms with Crippen LogP contribution in [0.5, 0.6) is 5.75 Å². The second-order valence-electron chi connectivity index (χ2n) is 8.65. The molecule has 0 N–H and O–H groups in total. The molecule has 1 aromatic carbocycles. The summed E-state index contributed by atoms with van der Waals surface area (Å²) in [6.45, 7) is 12.6. The maximum absolute atomic E-state index is 12.4. The Hall–Kier alpha value is -2.24. The average molecular weight is 392 g/mol. The van der Waals surface area contributed by atoms with Gasteiger partial charge in [-0.25, -0.2) is 4.79 Å². The van der Waals surface area contributed by atoms with E-state index >= 15 is 0 Å². The van der Waals surface area contributed by atoms with Crippen LogP contribution in [-0.2, 0) is 19.1 Å². The molecule has 0 amide bonds. The Labute approximate surface area is 168 Å². The fourth-order valence-electron chi connectivity index (χ4n) is 3.15. The number of benzene rings is 1. The maximum Gasteiger partial charge on any atom is 0.350 e. The number of ether oxygens (including phenoxy) is 3. The third kappa shape index (κ3) is 6.14. The van der Waals surface area contributed by atoms with Crippen molar-refractivity contribution in [1.29, 1.82) is 0 Å². The van der Waals surface area contributed by atoms with E-state index in [1.807, 2.05) is 52.0 Å². The van der Waals surface area contributed by atoms with Crippen LogP contribution in [0.15, 0.2) is 24.3 Å². The molecule has 0 aromatic heterocycles. The van der Waals surface area contributed by atoms with Crippen LogP contribution in [0.1, 0.15) is 54.4 Å². The zero-order chi connectivity index (χ0) is 20.9. The molecule has 0 spiro atoms. The van der Waals surface area contributed by atoms with Gasteiger partial charge in [-0.1, -0.05) is 6.07 Å². The minimum absolute atomic E-state index is 0.114. The van der Waals surface area contributed by atoms with Gasteiger partial charge < -0.3 is 19.1 Å². The number of carbonyl (C=O) groups is 2. The van der Waals surface area contributed by atoms with Gasteiger partial charge in [0.1, 0.15) is 11.4 Å². The van der Waals surface area contributed by atoms with E-state index in [2.05, 4.69) is 4.90 Å². The van der Waals surface area contributed by atoms with Gasteiger partial charge in [-0.15, -0.1) is 0 Å². The summed E-state index contributed by atoms with van der Waals surface area (Å²) >= 11 is 0. The van der Waals surface area contributed by atoms with E-state index in [-0.39, 0.29) is 11.9 Å². The van der Waals surface area contributed by atoms with Crippen LogP contribution >= 0.6 is 0 Å². The number of esters is 2. The molecule has 0 unspecified atom stereocenters. The Balaban J connectivity index is 2.09. The first-order valence-electron chi connectivity index (χ1n) is 9.96. The minimum atomic E-state index is -1.11. The van der Waals surface area contributed by atoms with E-state index in [4.69, 9.17) is 14.2 Å². The molecule has 0 aliphatic carbocycles. The highest BCUT2D eigenvalue weighted by atomic mass is 16.6. The van der Waals surface area contributed by atoms with Gasteiger partial charge in [0.15, 0.2) is 5.60 Å². The Kier molecular flexibility index (Phi) is 6.96. The van der Waals surface area contributed by atoms with Gasteiger partial charge in [0.25, 0.3) is 0 Å². The third-order valence-corrected chi connectivity index (χ3v) is 4.49. The predicted octanol–water partition coefficient (Wildman–Crippen LogP) is 3.97. The molecule has 28 heavy (non-hydrogen) atoms. The number of hydrogen-bond acceptors (Lipinski definition) is 6. The number of rotatable bonds is 6. The Morgan fingerprint density at radius 1 is 1.18 bits per heavy atom. The minimum Gasteiger partial charge on any atom is -0.476 e. The molecule has 1 aromatic rings. The van der Waals surface area contributed by atoms with Gasteiger partial charge in [-0.2, -0.15) is 0 Å². The first kappa shape index (κ1) is 22.1. The van der Waals surface area contributed by atoms with Crippen LogP contribution in [0.25, 0.3) is 0 Å². The number of piperidine rings is 1.